The second kappa shape index (κ2) is 7.38. The topological polar surface area (TPSA) is 50.8 Å². The lowest BCUT2D eigenvalue weighted by atomic mass is 9.94. The lowest BCUT2D eigenvalue weighted by Crippen LogP contribution is -2.53. The van der Waals surface area contributed by atoms with Gasteiger partial charge in [-0.25, -0.2) is 0 Å². The summed E-state index contributed by atoms with van der Waals surface area (Å²) in [5.74, 6) is -0.188. The van der Waals surface area contributed by atoms with Gasteiger partial charge in [0.25, 0.3) is 0 Å². The molecule has 0 aromatic heterocycles. The highest BCUT2D eigenvalue weighted by molar-refractivity contribution is 5.80. The number of ether oxygens (including phenoxy) is 2. The van der Waals surface area contributed by atoms with Gasteiger partial charge >= 0.3 is 5.97 Å². The van der Waals surface area contributed by atoms with Crippen molar-refractivity contribution in [2.75, 3.05) is 40.5 Å². The maximum atomic E-state index is 11.8. The van der Waals surface area contributed by atoms with E-state index >= 15 is 0 Å². The summed E-state index contributed by atoms with van der Waals surface area (Å²) < 4.78 is 10.4. The van der Waals surface area contributed by atoms with E-state index < -0.39 is 5.54 Å². The SMILES string of the molecule is CNC(C)(CCCCN1CCOCC1(C)C)C(=O)OC. The van der Waals surface area contributed by atoms with Crippen LogP contribution in [0.2, 0.25) is 0 Å². The fourth-order valence-electron chi connectivity index (χ4n) is 2.64. The maximum Gasteiger partial charge on any atom is 0.325 e. The van der Waals surface area contributed by atoms with Crippen LogP contribution in [-0.4, -0.2) is 62.4 Å². The third kappa shape index (κ3) is 4.43. The minimum Gasteiger partial charge on any atom is -0.468 e. The van der Waals surface area contributed by atoms with Crippen molar-refractivity contribution < 1.29 is 14.3 Å². The van der Waals surface area contributed by atoms with Gasteiger partial charge in [0, 0.05) is 12.1 Å². The molecule has 1 rings (SSSR count). The summed E-state index contributed by atoms with van der Waals surface area (Å²) in [6.45, 7) is 10.0. The Balaban J connectivity index is 2.35. The number of carbonyl (C=O) groups is 1. The monoisotopic (exact) mass is 286 g/mol. The Hall–Kier alpha value is -0.650. The van der Waals surface area contributed by atoms with Gasteiger partial charge in [0.05, 0.1) is 20.3 Å². The fraction of sp³-hybridized carbons (Fsp3) is 0.933. The first-order valence-electron chi connectivity index (χ1n) is 7.46. The number of morpholine rings is 1. The van der Waals surface area contributed by atoms with E-state index in [1.165, 1.54) is 7.11 Å². The molecule has 0 bridgehead atoms. The van der Waals surface area contributed by atoms with Crippen LogP contribution in [0.3, 0.4) is 0 Å². The molecule has 0 amide bonds. The lowest BCUT2D eigenvalue weighted by molar-refractivity contribution is -0.148. The highest BCUT2D eigenvalue weighted by Crippen LogP contribution is 2.21. The Morgan fingerprint density at radius 3 is 2.70 bits per heavy atom. The number of esters is 1. The molecule has 118 valence electrons. The average Bonchev–Trinajstić information content (AvgIpc) is 2.43. The van der Waals surface area contributed by atoms with Gasteiger partial charge in [0.2, 0.25) is 0 Å². The Labute approximate surface area is 123 Å². The van der Waals surface area contributed by atoms with E-state index in [9.17, 15) is 4.79 Å². The predicted molar refractivity (Wildman–Crippen MR) is 79.8 cm³/mol. The molecule has 1 aliphatic heterocycles. The van der Waals surface area contributed by atoms with Crippen LogP contribution in [0, 0.1) is 0 Å². The van der Waals surface area contributed by atoms with Crippen molar-refractivity contribution in [2.45, 2.75) is 51.1 Å². The molecular weight excluding hydrogens is 256 g/mol. The molecule has 0 aromatic carbocycles. The molecule has 1 fully saturated rings. The van der Waals surface area contributed by atoms with E-state index in [2.05, 4.69) is 24.1 Å². The molecule has 1 N–H and O–H groups in total. The second-order valence-corrected chi connectivity index (χ2v) is 6.38. The third-order valence-corrected chi connectivity index (χ3v) is 4.36. The summed E-state index contributed by atoms with van der Waals surface area (Å²) in [6, 6.07) is 0. The maximum absolute atomic E-state index is 11.8. The number of hydrogen-bond acceptors (Lipinski definition) is 5. The van der Waals surface area contributed by atoms with E-state index in [-0.39, 0.29) is 11.5 Å². The van der Waals surface area contributed by atoms with E-state index in [4.69, 9.17) is 9.47 Å². The summed E-state index contributed by atoms with van der Waals surface area (Å²) in [6.07, 6.45) is 2.87. The number of nitrogens with zero attached hydrogens (tertiary/aromatic N) is 1. The molecule has 0 aliphatic carbocycles. The van der Waals surface area contributed by atoms with Gasteiger partial charge < -0.3 is 14.8 Å². The van der Waals surface area contributed by atoms with Crippen LogP contribution in [0.4, 0.5) is 0 Å². The highest BCUT2D eigenvalue weighted by atomic mass is 16.5. The minimum atomic E-state index is -0.574. The standard InChI is InChI=1S/C15H30N2O3/c1-14(2)12-20-11-10-17(14)9-7-6-8-15(3,16-4)13(18)19-5/h16H,6-12H2,1-5H3. The van der Waals surface area contributed by atoms with Crippen LogP contribution in [0.1, 0.15) is 40.0 Å². The van der Waals surface area contributed by atoms with Gasteiger partial charge in [-0.05, 0) is 53.6 Å². The summed E-state index contributed by atoms with van der Waals surface area (Å²) >= 11 is 0. The lowest BCUT2D eigenvalue weighted by Gasteiger charge is -2.42. The van der Waals surface area contributed by atoms with E-state index in [1.54, 1.807) is 0 Å². The van der Waals surface area contributed by atoms with Crippen LogP contribution >= 0.6 is 0 Å². The Bertz CT molecular complexity index is 320. The van der Waals surface area contributed by atoms with Crippen molar-refractivity contribution in [1.29, 1.82) is 0 Å². The van der Waals surface area contributed by atoms with Crippen LogP contribution < -0.4 is 5.32 Å². The van der Waals surface area contributed by atoms with E-state index in [1.807, 2.05) is 14.0 Å². The largest absolute Gasteiger partial charge is 0.468 e. The fourth-order valence-corrected chi connectivity index (χ4v) is 2.64. The van der Waals surface area contributed by atoms with Gasteiger partial charge in [-0.3, -0.25) is 9.69 Å². The number of nitrogens with one attached hydrogen (secondary N) is 1. The molecule has 1 heterocycles. The van der Waals surface area contributed by atoms with Crippen molar-refractivity contribution in [3.8, 4) is 0 Å². The molecule has 20 heavy (non-hydrogen) atoms. The van der Waals surface area contributed by atoms with Gasteiger partial charge in [-0.2, -0.15) is 0 Å². The number of methoxy groups -OCH3 is 1. The molecular formula is C15H30N2O3. The summed E-state index contributed by atoms with van der Waals surface area (Å²) in [7, 11) is 3.25. The van der Waals surface area contributed by atoms with Gasteiger partial charge in [0.15, 0.2) is 0 Å². The number of likely N-dealkylation sites (N-methyl/N-ethyl adjacent to an activating group) is 1. The molecule has 5 heteroatoms. The van der Waals surface area contributed by atoms with E-state index in [0.29, 0.717) is 0 Å². The summed E-state index contributed by atoms with van der Waals surface area (Å²) in [5, 5.41) is 3.08. The van der Waals surface area contributed by atoms with E-state index in [0.717, 1.165) is 45.6 Å². The molecule has 1 aliphatic rings. The Morgan fingerprint density at radius 2 is 2.15 bits per heavy atom. The van der Waals surface area contributed by atoms with Crippen LogP contribution in [0.5, 0.6) is 0 Å². The number of carbonyl (C=O) groups excluding carboxylic acids is 1. The summed E-state index contributed by atoms with van der Waals surface area (Å²) in [4.78, 5) is 14.2. The first-order valence-corrected chi connectivity index (χ1v) is 7.46. The average molecular weight is 286 g/mol. The van der Waals surface area contributed by atoms with Gasteiger partial charge in [-0.15, -0.1) is 0 Å². The van der Waals surface area contributed by atoms with Crippen molar-refractivity contribution in [3.05, 3.63) is 0 Å². The first kappa shape index (κ1) is 17.4. The van der Waals surface area contributed by atoms with Gasteiger partial charge in [-0.1, -0.05) is 0 Å². The Morgan fingerprint density at radius 1 is 1.45 bits per heavy atom. The van der Waals surface area contributed by atoms with Crippen LogP contribution in [0.15, 0.2) is 0 Å². The first-order chi connectivity index (χ1) is 9.35. The zero-order valence-corrected chi connectivity index (χ0v) is 13.6. The zero-order valence-electron chi connectivity index (χ0n) is 13.6. The Kier molecular flexibility index (Phi) is 6.43. The number of rotatable bonds is 7. The minimum absolute atomic E-state index is 0.118. The second-order valence-electron chi connectivity index (χ2n) is 6.38. The molecule has 1 saturated heterocycles. The van der Waals surface area contributed by atoms with Crippen molar-refractivity contribution in [3.63, 3.8) is 0 Å². The normalized spacial score (nSPS) is 22.2. The van der Waals surface area contributed by atoms with Crippen LogP contribution in [-0.2, 0) is 14.3 Å². The number of unbranched alkanes of at least 4 members (excludes halogenated alkanes) is 1. The van der Waals surface area contributed by atoms with Crippen molar-refractivity contribution in [2.24, 2.45) is 0 Å². The van der Waals surface area contributed by atoms with Crippen molar-refractivity contribution in [1.82, 2.24) is 10.2 Å². The van der Waals surface area contributed by atoms with Gasteiger partial charge in [0.1, 0.15) is 5.54 Å². The quantitative estimate of drug-likeness (QED) is 0.566. The highest BCUT2D eigenvalue weighted by Gasteiger charge is 2.33. The molecule has 0 saturated carbocycles. The summed E-state index contributed by atoms with van der Waals surface area (Å²) in [5.41, 5.74) is -0.456. The molecule has 1 atom stereocenters. The molecule has 0 radical (unpaired) electrons. The smallest absolute Gasteiger partial charge is 0.325 e. The number of hydrogen-bond donors (Lipinski definition) is 1. The molecule has 0 spiro atoms. The molecule has 1 unspecified atom stereocenters. The van der Waals surface area contributed by atoms with Crippen molar-refractivity contribution >= 4 is 5.97 Å². The molecule has 0 aromatic rings. The predicted octanol–water partition coefficient (Wildman–Crippen LogP) is 1.42. The zero-order chi connectivity index (χ0) is 15.2. The molecule has 5 nitrogen and oxygen atoms in total. The van der Waals surface area contributed by atoms with Crippen LogP contribution in [0.25, 0.3) is 0 Å². The third-order valence-electron chi connectivity index (χ3n) is 4.36.